The summed E-state index contributed by atoms with van der Waals surface area (Å²) in [5.41, 5.74) is 8.53. The largest absolute Gasteiger partial charge is 0.459 e. The summed E-state index contributed by atoms with van der Waals surface area (Å²) in [5, 5.41) is 0. The van der Waals surface area contributed by atoms with Crippen molar-refractivity contribution in [2.75, 3.05) is 12.3 Å². The van der Waals surface area contributed by atoms with Crippen LogP contribution in [-0.2, 0) is 14.2 Å². The first-order valence-electron chi connectivity index (χ1n) is 10.9. The van der Waals surface area contributed by atoms with Gasteiger partial charge in [-0.15, -0.1) is 0 Å². The molecule has 1 aliphatic heterocycles. The zero-order chi connectivity index (χ0) is 24.2. The zero-order valence-electron chi connectivity index (χ0n) is 19.0. The molecule has 0 aliphatic carbocycles. The van der Waals surface area contributed by atoms with Crippen LogP contribution in [-0.4, -0.2) is 35.3 Å². The molecule has 1 unspecified atom stereocenters. The van der Waals surface area contributed by atoms with E-state index in [0.29, 0.717) is 16.8 Å². The van der Waals surface area contributed by atoms with Gasteiger partial charge in [-0.25, -0.2) is 9.59 Å². The van der Waals surface area contributed by atoms with Crippen molar-refractivity contribution in [3.8, 4) is 0 Å². The number of carbonyl (C=O) groups is 2. The molecule has 0 spiro atoms. The van der Waals surface area contributed by atoms with E-state index >= 15 is 0 Å². The van der Waals surface area contributed by atoms with Crippen molar-refractivity contribution >= 4 is 17.6 Å². The molecule has 1 saturated heterocycles. The minimum Gasteiger partial charge on any atom is -0.459 e. The Morgan fingerprint density at radius 2 is 1.56 bits per heavy atom. The fraction of sp³-hybridized carbons (Fsp3) is 0.269. The van der Waals surface area contributed by atoms with Gasteiger partial charge in [0.1, 0.15) is 25.0 Å². The topological polar surface area (TPSA) is 110 Å². The number of hydrogen-bond donors (Lipinski definition) is 1. The van der Waals surface area contributed by atoms with Gasteiger partial charge in [0.15, 0.2) is 0 Å². The summed E-state index contributed by atoms with van der Waals surface area (Å²) in [6, 6.07) is 16.9. The molecule has 0 bridgehead atoms. The number of benzene rings is 2. The lowest BCUT2D eigenvalue weighted by atomic mass is 10.1. The van der Waals surface area contributed by atoms with Gasteiger partial charge >= 0.3 is 11.9 Å². The van der Waals surface area contributed by atoms with Crippen LogP contribution in [0.15, 0.2) is 71.7 Å². The summed E-state index contributed by atoms with van der Waals surface area (Å²) >= 11 is 0. The van der Waals surface area contributed by atoms with Crippen LogP contribution in [0.25, 0.3) is 0 Å². The van der Waals surface area contributed by atoms with Crippen LogP contribution in [0.2, 0.25) is 0 Å². The second-order valence-electron chi connectivity index (χ2n) is 8.34. The molecule has 3 atom stereocenters. The van der Waals surface area contributed by atoms with Crippen molar-refractivity contribution in [3.63, 3.8) is 0 Å². The minimum atomic E-state index is -0.752. The van der Waals surface area contributed by atoms with E-state index in [1.807, 2.05) is 38.1 Å². The highest BCUT2D eigenvalue weighted by Gasteiger charge is 2.40. The summed E-state index contributed by atoms with van der Waals surface area (Å²) in [7, 11) is 0. The number of nitrogens with zero attached hydrogens (tertiary/aromatic N) is 1. The first-order chi connectivity index (χ1) is 16.3. The Labute approximate surface area is 196 Å². The second kappa shape index (κ2) is 9.93. The predicted molar refractivity (Wildman–Crippen MR) is 125 cm³/mol. The standard InChI is InChI=1S/C26H26N2O6/c1-16-3-7-18(8-4-16)25(30)32-15-22-21(34-26(31)19-9-5-17(2)6-10-19)14-24(33-22)28-12-11-20(27)13-23(28)29/h3-13,21-22,24H,14-15,27H2,1-2H3/t21-,22+,24?/m0/s1. The SMILES string of the molecule is Cc1ccc(C(=O)OC[C@H]2OC(n3ccc(N)cc3=O)C[C@@H]2OC(=O)c2ccc(C)cc2)cc1. The fourth-order valence-corrected chi connectivity index (χ4v) is 3.71. The Hall–Kier alpha value is -3.91. The van der Waals surface area contributed by atoms with Crippen molar-refractivity contribution in [1.29, 1.82) is 0 Å². The van der Waals surface area contributed by atoms with Gasteiger partial charge in [0.05, 0.1) is 11.1 Å². The Balaban J connectivity index is 1.50. The number of hydrogen-bond acceptors (Lipinski definition) is 7. The van der Waals surface area contributed by atoms with E-state index in [2.05, 4.69) is 0 Å². The van der Waals surface area contributed by atoms with E-state index in [-0.39, 0.29) is 18.6 Å². The molecule has 0 saturated carbocycles. The van der Waals surface area contributed by atoms with Gasteiger partial charge in [0.25, 0.3) is 5.56 Å². The van der Waals surface area contributed by atoms with Crippen LogP contribution in [0.4, 0.5) is 5.69 Å². The quantitative estimate of drug-likeness (QED) is 0.559. The van der Waals surface area contributed by atoms with E-state index in [4.69, 9.17) is 19.9 Å². The van der Waals surface area contributed by atoms with Crippen LogP contribution < -0.4 is 11.3 Å². The first kappa shape index (κ1) is 23.3. The van der Waals surface area contributed by atoms with Crippen molar-refractivity contribution in [2.45, 2.75) is 38.7 Å². The molecule has 0 radical (unpaired) electrons. The predicted octanol–water partition coefficient (Wildman–Crippen LogP) is 3.42. The van der Waals surface area contributed by atoms with E-state index in [9.17, 15) is 14.4 Å². The number of carbonyl (C=O) groups excluding carboxylic acids is 2. The van der Waals surface area contributed by atoms with Crippen molar-refractivity contribution < 1.29 is 23.8 Å². The lowest BCUT2D eigenvalue weighted by Crippen LogP contribution is -2.32. The molecule has 1 aromatic heterocycles. The number of anilines is 1. The van der Waals surface area contributed by atoms with Crippen LogP contribution in [0.5, 0.6) is 0 Å². The molecule has 2 aromatic carbocycles. The normalized spacial score (nSPS) is 19.5. The number of nitrogens with two attached hydrogens (primary N) is 1. The molecule has 2 heterocycles. The van der Waals surface area contributed by atoms with Crippen molar-refractivity contribution in [2.24, 2.45) is 0 Å². The van der Waals surface area contributed by atoms with Gasteiger partial charge in [0.2, 0.25) is 0 Å². The van der Waals surface area contributed by atoms with Gasteiger partial charge in [-0.3, -0.25) is 9.36 Å². The minimum absolute atomic E-state index is 0.140. The van der Waals surface area contributed by atoms with Gasteiger partial charge in [-0.2, -0.15) is 0 Å². The number of aryl methyl sites for hydroxylation is 2. The zero-order valence-corrected chi connectivity index (χ0v) is 19.0. The van der Waals surface area contributed by atoms with Crippen molar-refractivity contribution in [3.05, 3.63) is 99.5 Å². The Morgan fingerprint density at radius 1 is 0.971 bits per heavy atom. The van der Waals surface area contributed by atoms with Gasteiger partial charge in [0, 0.05) is 24.4 Å². The Morgan fingerprint density at radius 3 is 2.15 bits per heavy atom. The third kappa shape index (κ3) is 5.35. The highest BCUT2D eigenvalue weighted by molar-refractivity contribution is 5.90. The molecule has 3 aromatic rings. The molecule has 4 rings (SSSR count). The molecule has 1 aliphatic rings. The fourth-order valence-electron chi connectivity index (χ4n) is 3.71. The number of rotatable bonds is 6. The van der Waals surface area contributed by atoms with Gasteiger partial charge in [-0.05, 0) is 44.2 Å². The lowest BCUT2D eigenvalue weighted by Gasteiger charge is -2.19. The summed E-state index contributed by atoms with van der Waals surface area (Å²) < 4.78 is 18.6. The summed E-state index contributed by atoms with van der Waals surface area (Å²) in [4.78, 5) is 37.6. The Bertz CT molecular complexity index is 1230. The summed E-state index contributed by atoms with van der Waals surface area (Å²) in [5.74, 6) is -1.03. The van der Waals surface area contributed by atoms with E-state index in [0.717, 1.165) is 11.1 Å². The molecule has 8 nitrogen and oxygen atoms in total. The maximum atomic E-state index is 12.7. The maximum Gasteiger partial charge on any atom is 0.338 e. The molecule has 8 heteroatoms. The smallest absolute Gasteiger partial charge is 0.338 e. The number of esters is 2. The average molecular weight is 463 g/mol. The highest BCUT2D eigenvalue weighted by atomic mass is 16.6. The monoisotopic (exact) mass is 462 g/mol. The van der Waals surface area contributed by atoms with E-state index < -0.39 is 30.4 Å². The second-order valence-corrected chi connectivity index (χ2v) is 8.34. The Kier molecular flexibility index (Phi) is 6.79. The maximum absolute atomic E-state index is 12.7. The highest BCUT2D eigenvalue weighted by Crippen LogP contribution is 2.31. The molecule has 2 N–H and O–H groups in total. The lowest BCUT2D eigenvalue weighted by molar-refractivity contribution is -0.0579. The third-order valence-corrected chi connectivity index (χ3v) is 5.67. The first-order valence-corrected chi connectivity index (χ1v) is 10.9. The molecule has 0 amide bonds. The van der Waals surface area contributed by atoms with E-state index in [1.165, 1.54) is 16.8 Å². The van der Waals surface area contributed by atoms with E-state index in [1.54, 1.807) is 30.3 Å². The number of pyridine rings is 1. The van der Waals surface area contributed by atoms with Crippen molar-refractivity contribution in [1.82, 2.24) is 4.57 Å². The average Bonchev–Trinajstić information content (AvgIpc) is 3.20. The molecular formula is C26H26N2O6. The summed E-state index contributed by atoms with van der Waals surface area (Å²) in [6.07, 6.45) is -0.435. The number of nitrogen functional groups attached to an aromatic ring is 1. The van der Waals surface area contributed by atoms with Gasteiger partial charge < -0.3 is 19.9 Å². The molecule has 176 valence electrons. The van der Waals surface area contributed by atoms with Crippen LogP contribution in [0.3, 0.4) is 0 Å². The van der Waals surface area contributed by atoms with Crippen LogP contribution in [0.1, 0.15) is 44.5 Å². The van der Waals surface area contributed by atoms with Crippen LogP contribution >= 0.6 is 0 Å². The molecule has 1 fully saturated rings. The van der Waals surface area contributed by atoms with Crippen LogP contribution in [0, 0.1) is 13.8 Å². The molecule has 34 heavy (non-hydrogen) atoms. The number of aromatic nitrogens is 1. The van der Waals surface area contributed by atoms with Gasteiger partial charge in [-0.1, -0.05) is 35.4 Å². The number of ether oxygens (including phenoxy) is 3. The molecular weight excluding hydrogens is 436 g/mol. The summed E-state index contributed by atoms with van der Waals surface area (Å²) in [6.45, 7) is 3.71. The third-order valence-electron chi connectivity index (χ3n) is 5.67.